The second-order valence-electron chi connectivity index (χ2n) is 9.43. The van der Waals surface area contributed by atoms with Gasteiger partial charge >= 0.3 is 5.97 Å². The molecule has 1 amide bonds. The van der Waals surface area contributed by atoms with Crippen LogP contribution in [-0.2, 0) is 9.59 Å². The number of hydrogen-bond donors (Lipinski definition) is 1. The zero-order valence-electron chi connectivity index (χ0n) is 21.3. The summed E-state index contributed by atoms with van der Waals surface area (Å²) in [5, 5.41) is 10.4. The van der Waals surface area contributed by atoms with E-state index in [9.17, 15) is 14.7 Å². The SMILES string of the molecule is CCCC(=O)N(CCC)CCN1CC(c2ccc3c(c2)OCO3)C(C(=O)O)C1c1ccc(OC)cc1. The number of methoxy groups -OCH3 is 1. The molecule has 4 rings (SSSR count). The number of carbonyl (C=O) groups excluding carboxylic acids is 1. The van der Waals surface area contributed by atoms with Crippen LogP contribution in [0.4, 0.5) is 0 Å². The predicted molar refractivity (Wildman–Crippen MR) is 136 cm³/mol. The van der Waals surface area contributed by atoms with Crippen LogP contribution in [0.15, 0.2) is 42.5 Å². The van der Waals surface area contributed by atoms with Gasteiger partial charge in [-0.3, -0.25) is 14.5 Å². The van der Waals surface area contributed by atoms with E-state index in [1.807, 2.05) is 54.3 Å². The highest BCUT2D eigenvalue weighted by Gasteiger charge is 2.47. The molecule has 1 N–H and O–H groups in total. The predicted octanol–water partition coefficient (Wildman–Crippen LogP) is 4.30. The van der Waals surface area contributed by atoms with Crippen LogP contribution in [-0.4, -0.2) is 66.9 Å². The van der Waals surface area contributed by atoms with Gasteiger partial charge in [-0.25, -0.2) is 0 Å². The summed E-state index contributed by atoms with van der Waals surface area (Å²) < 4.78 is 16.3. The summed E-state index contributed by atoms with van der Waals surface area (Å²) in [6.07, 6.45) is 2.22. The maximum atomic E-state index is 12.7. The zero-order chi connectivity index (χ0) is 25.7. The molecular weight excluding hydrogens is 460 g/mol. The molecule has 3 unspecified atom stereocenters. The molecule has 0 aliphatic carbocycles. The second kappa shape index (κ2) is 11.6. The molecule has 2 aromatic carbocycles. The average Bonchev–Trinajstić information content (AvgIpc) is 3.51. The highest BCUT2D eigenvalue weighted by molar-refractivity contribution is 5.76. The first-order valence-corrected chi connectivity index (χ1v) is 12.7. The molecule has 0 aromatic heterocycles. The number of amides is 1. The minimum Gasteiger partial charge on any atom is -0.497 e. The highest BCUT2D eigenvalue weighted by atomic mass is 16.7. The van der Waals surface area contributed by atoms with Gasteiger partial charge in [0.2, 0.25) is 12.7 Å². The van der Waals surface area contributed by atoms with E-state index in [4.69, 9.17) is 14.2 Å². The largest absolute Gasteiger partial charge is 0.497 e. The van der Waals surface area contributed by atoms with E-state index in [1.54, 1.807) is 7.11 Å². The number of carboxylic acid groups (broad SMARTS) is 1. The molecule has 194 valence electrons. The average molecular weight is 497 g/mol. The summed E-state index contributed by atoms with van der Waals surface area (Å²) in [5.74, 6) is 0.462. The van der Waals surface area contributed by atoms with Crippen molar-refractivity contribution in [1.29, 1.82) is 0 Å². The van der Waals surface area contributed by atoms with Gasteiger partial charge in [-0.15, -0.1) is 0 Å². The third kappa shape index (κ3) is 5.43. The molecular formula is C28H36N2O6. The number of nitrogens with zero attached hydrogens (tertiary/aromatic N) is 2. The number of hydrogen-bond acceptors (Lipinski definition) is 6. The van der Waals surface area contributed by atoms with Gasteiger partial charge in [-0.05, 0) is 48.2 Å². The van der Waals surface area contributed by atoms with Crippen molar-refractivity contribution in [1.82, 2.24) is 9.80 Å². The van der Waals surface area contributed by atoms with Gasteiger partial charge in [0.05, 0.1) is 13.0 Å². The number of carboxylic acids is 1. The van der Waals surface area contributed by atoms with E-state index >= 15 is 0 Å². The third-order valence-electron chi connectivity index (χ3n) is 7.13. The molecule has 3 atom stereocenters. The summed E-state index contributed by atoms with van der Waals surface area (Å²) in [5.41, 5.74) is 1.84. The molecule has 0 radical (unpaired) electrons. The van der Waals surface area contributed by atoms with Gasteiger partial charge in [-0.1, -0.05) is 32.0 Å². The zero-order valence-corrected chi connectivity index (χ0v) is 21.3. The lowest BCUT2D eigenvalue weighted by atomic mass is 9.82. The molecule has 36 heavy (non-hydrogen) atoms. The molecule has 2 aliphatic heterocycles. The number of fused-ring (bicyclic) bond motifs is 1. The number of rotatable bonds is 11. The lowest BCUT2D eigenvalue weighted by molar-refractivity contribution is -0.143. The van der Waals surface area contributed by atoms with Crippen LogP contribution in [0.2, 0.25) is 0 Å². The second-order valence-corrected chi connectivity index (χ2v) is 9.43. The van der Waals surface area contributed by atoms with Crippen LogP contribution in [0.3, 0.4) is 0 Å². The fourth-order valence-corrected chi connectivity index (χ4v) is 5.39. The van der Waals surface area contributed by atoms with Crippen molar-refractivity contribution in [2.45, 2.75) is 45.1 Å². The third-order valence-corrected chi connectivity index (χ3v) is 7.13. The normalized spacial score (nSPS) is 20.9. The summed E-state index contributed by atoms with van der Waals surface area (Å²) in [4.78, 5) is 29.6. The summed E-state index contributed by atoms with van der Waals surface area (Å²) in [6.45, 7) is 6.68. The first-order valence-electron chi connectivity index (χ1n) is 12.7. The van der Waals surface area contributed by atoms with Crippen LogP contribution < -0.4 is 14.2 Å². The minimum absolute atomic E-state index is 0.154. The molecule has 1 saturated heterocycles. The van der Waals surface area contributed by atoms with Crippen molar-refractivity contribution in [3.05, 3.63) is 53.6 Å². The fourth-order valence-electron chi connectivity index (χ4n) is 5.39. The van der Waals surface area contributed by atoms with Gasteiger partial charge < -0.3 is 24.2 Å². The Morgan fingerprint density at radius 2 is 1.75 bits per heavy atom. The first-order chi connectivity index (χ1) is 17.5. The van der Waals surface area contributed by atoms with Crippen molar-refractivity contribution in [2.75, 3.05) is 40.1 Å². The number of ether oxygens (including phenoxy) is 3. The Bertz CT molecular complexity index is 1060. The number of likely N-dealkylation sites (tertiary alicyclic amines) is 1. The molecule has 8 nitrogen and oxygen atoms in total. The van der Waals surface area contributed by atoms with Gasteiger partial charge in [0.1, 0.15) is 5.75 Å². The van der Waals surface area contributed by atoms with Crippen LogP contribution in [0.1, 0.15) is 56.2 Å². The lowest BCUT2D eigenvalue weighted by Gasteiger charge is -2.30. The maximum Gasteiger partial charge on any atom is 0.309 e. The summed E-state index contributed by atoms with van der Waals surface area (Å²) in [7, 11) is 1.61. The molecule has 0 spiro atoms. The van der Waals surface area contributed by atoms with Gasteiger partial charge in [0.25, 0.3) is 0 Å². The molecule has 0 bridgehead atoms. The van der Waals surface area contributed by atoms with Crippen LogP contribution in [0, 0.1) is 5.92 Å². The van der Waals surface area contributed by atoms with Crippen molar-refractivity contribution in [3.8, 4) is 17.2 Å². The van der Waals surface area contributed by atoms with E-state index in [1.165, 1.54) is 0 Å². The van der Waals surface area contributed by atoms with Crippen molar-refractivity contribution in [3.63, 3.8) is 0 Å². The van der Waals surface area contributed by atoms with E-state index in [0.29, 0.717) is 44.1 Å². The Kier molecular flexibility index (Phi) is 8.36. The van der Waals surface area contributed by atoms with Crippen LogP contribution >= 0.6 is 0 Å². The first kappa shape index (κ1) is 25.8. The highest BCUT2D eigenvalue weighted by Crippen LogP contribution is 2.47. The molecule has 1 fully saturated rings. The Morgan fingerprint density at radius 1 is 1.03 bits per heavy atom. The fraction of sp³-hybridized carbons (Fsp3) is 0.500. The van der Waals surface area contributed by atoms with Crippen molar-refractivity contribution >= 4 is 11.9 Å². The molecule has 2 heterocycles. The molecule has 0 saturated carbocycles. The monoisotopic (exact) mass is 496 g/mol. The van der Waals surface area contributed by atoms with E-state index in [-0.39, 0.29) is 24.7 Å². The standard InChI is InChI=1S/C28H36N2O6/c1-4-6-25(31)29(13-5-2)14-15-30-17-22(20-9-12-23-24(16-20)36-18-35-23)26(28(32)33)27(30)19-7-10-21(34-3)11-8-19/h7-12,16,22,26-27H,4-6,13-15,17-18H2,1-3H3,(H,32,33). The lowest BCUT2D eigenvalue weighted by Crippen LogP contribution is -2.39. The Labute approximate surface area is 212 Å². The molecule has 2 aromatic rings. The number of benzene rings is 2. The molecule has 2 aliphatic rings. The Morgan fingerprint density at radius 3 is 2.42 bits per heavy atom. The number of carbonyl (C=O) groups is 2. The smallest absolute Gasteiger partial charge is 0.309 e. The Balaban J connectivity index is 1.66. The quantitative estimate of drug-likeness (QED) is 0.496. The van der Waals surface area contributed by atoms with Crippen molar-refractivity contribution in [2.24, 2.45) is 5.92 Å². The molecule has 8 heteroatoms. The van der Waals surface area contributed by atoms with Gasteiger partial charge in [0, 0.05) is 44.6 Å². The minimum atomic E-state index is -0.839. The van der Waals surface area contributed by atoms with E-state index in [0.717, 1.165) is 29.7 Å². The van der Waals surface area contributed by atoms with Gasteiger partial charge in [-0.2, -0.15) is 0 Å². The van der Waals surface area contributed by atoms with E-state index < -0.39 is 11.9 Å². The topological polar surface area (TPSA) is 88.5 Å². The van der Waals surface area contributed by atoms with Crippen molar-refractivity contribution < 1.29 is 28.9 Å². The number of aliphatic carboxylic acids is 1. The maximum absolute atomic E-state index is 12.7. The van der Waals surface area contributed by atoms with Gasteiger partial charge in [0.15, 0.2) is 11.5 Å². The van der Waals surface area contributed by atoms with E-state index in [2.05, 4.69) is 11.8 Å². The summed E-state index contributed by atoms with van der Waals surface area (Å²) in [6, 6.07) is 13.0. The summed E-state index contributed by atoms with van der Waals surface area (Å²) >= 11 is 0. The van der Waals surface area contributed by atoms with Crippen LogP contribution in [0.5, 0.6) is 17.2 Å². The van der Waals surface area contributed by atoms with Crippen LogP contribution in [0.25, 0.3) is 0 Å². The Hall–Kier alpha value is -3.26.